The Hall–Kier alpha value is -1.79. The number of nitrogens with one attached hydrogen (secondary N) is 1. The van der Waals surface area contributed by atoms with Crippen LogP contribution in [0.1, 0.15) is 26.2 Å². The van der Waals surface area contributed by atoms with Gasteiger partial charge in [-0.2, -0.15) is 0 Å². The molecule has 0 saturated carbocycles. The van der Waals surface area contributed by atoms with Crippen LogP contribution >= 0.6 is 12.4 Å². The minimum atomic E-state index is -0.127. The SMILES string of the molecule is CC(CN)CNC(=O)C1CCCN(C(=O)CCOc2ccccc2)C1.Cl. The van der Waals surface area contributed by atoms with Gasteiger partial charge in [-0.3, -0.25) is 9.59 Å². The number of nitrogens with zero attached hydrogens (tertiary/aromatic N) is 1. The predicted octanol–water partition coefficient (Wildman–Crippen LogP) is 1.83. The van der Waals surface area contributed by atoms with Gasteiger partial charge in [-0.15, -0.1) is 12.4 Å². The molecule has 1 fully saturated rings. The maximum atomic E-state index is 12.4. The van der Waals surface area contributed by atoms with E-state index >= 15 is 0 Å². The Morgan fingerprint density at radius 1 is 1.35 bits per heavy atom. The largest absolute Gasteiger partial charge is 0.493 e. The fourth-order valence-electron chi connectivity index (χ4n) is 2.85. The van der Waals surface area contributed by atoms with Gasteiger partial charge in [-0.05, 0) is 37.4 Å². The van der Waals surface area contributed by atoms with Gasteiger partial charge in [0.25, 0.3) is 0 Å². The minimum absolute atomic E-state index is 0. The van der Waals surface area contributed by atoms with Crippen molar-refractivity contribution in [3.8, 4) is 5.75 Å². The normalized spacial score (nSPS) is 17.8. The third-order valence-electron chi connectivity index (χ3n) is 4.50. The van der Waals surface area contributed by atoms with Crippen LogP contribution in [0.5, 0.6) is 5.75 Å². The number of amides is 2. The molecular formula is C19H30ClN3O3. The molecule has 1 heterocycles. The summed E-state index contributed by atoms with van der Waals surface area (Å²) >= 11 is 0. The molecular weight excluding hydrogens is 354 g/mol. The first-order chi connectivity index (χ1) is 12.1. The van der Waals surface area contributed by atoms with Gasteiger partial charge in [0.05, 0.1) is 18.9 Å². The maximum Gasteiger partial charge on any atom is 0.226 e. The van der Waals surface area contributed by atoms with Crippen LogP contribution in [0.4, 0.5) is 0 Å². The van der Waals surface area contributed by atoms with E-state index in [1.54, 1.807) is 4.90 Å². The molecule has 2 rings (SSSR count). The lowest BCUT2D eigenvalue weighted by atomic mass is 9.96. The molecule has 0 radical (unpaired) electrons. The number of nitrogens with two attached hydrogens (primary N) is 1. The van der Waals surface area contributed by atoms with E-state index in [-0.39, 0.29) is 36.1 Å². The summed E-state index contributed by atoms with van der Waals surface area (Å²) in [5.41, 5.74) is 5.57. The third kappa shape index (κ3) is 7.22. The molecule has 0 aromatic heterocycles. The topological polar surface area (TPSA) is 84.7 Å². The smallest absolute Gasteiger partial charge is 0.226 e. The van der Waals surface area contributed by atoms with E-state index in [4.69, 9.17) is 10.5 Å². The Morgan fingerprint density at radius 2 is 2.08 bits per heavy atom. The van der Waals surface area contributed by atoms with Crippen molar-refractivity contribution in [1.82, 2.24) is 10.2 Å². The Labute approximate surface area is 161 Å². The molecule has 0 bridgehead atoms. The molecule has 146 valence electrons. The zero-order valence-electron chi connectivity index (χ0n) is 15.4. The van der Waals surface area contributed by atoms with Crippen molar-refractivity contribution in [3.05, 3.63) is 30.3 Å². The standard InChI is InChI=1S/C19H29N3O3.ClH/c1-15(12-20)13-21-19(24)16-6-5-10-22(14-16)18(23)9-11-25-17-7-3-2-4-8-17;/h2-4,7-8,15-16H,5-6,9-14,20H2,1H3,(H,21,24);1H. The van der Waals surface area contributed by atoms with Crippen molar-refractivity contribution in [1.29, 1.82) is 0 Å². The first kappa shape index (κ1) is 22.3. The van der Waals surface area contributed by atoms with Crippen molar-refractivity contribution < 1.29 is 14.3 Å². The summed E-state index contributed by atoms with van der Waals surface area (Å²) in [6, 6.07) is 9.46. The number of carbonyl (C=O) groups excluding carboxylic acids is 2. The van der Waals surface area contributed by atoms with Gasteiger partial charge in [0.15, 0.2) is 0 Å². The molecule has 7 heteroatoms. The molecule has 1 aromatic rings. The number of carbonyl (C=O) groups is 2. The van der Waals surface area contributed by atoms with Gasteiger partial charge < -0.3 is 20.7 Å². The van der Waals surface area contributed by atoms with Crippen molar-refractivity contribution >= 4 is 24.2 Å². The van der Waals surface area contributed by atoms with Crippen LogP contribution in [0.3, 0.4) is 0 Å². The van der Waals surface area contributed by atoms with E-state index in [2.05, 4.69) is 5.32 Å². The van der Waals surface area contributed by atoms with E-state index in [9.17, 15) is 9.59 Å². The summed E-state index contributed by atoms with van der Waals surface area (Å²) in [6.45, 7) is 4.70. The second kappa shape index (κ2) is 11.8. The molecule has 1 saturated heterocycles. The van der Waals surface area contributed by atoms with Crippen molar-refractivity contribution in [2.45, 2.75) is 26.2 Å². The van der Waals surface area contributed by atoms with Crippen LogP contribution in [-0.2, 0) is 9.59 Å². The number of hydrogen-bond donors (Lipinski definition) is 2. The van der Waals surface area contributed by atoms with Crippen LogP contribution in [0.25, 0.3) is 0 Å². The number of rotatable bonds is 8. The summed E-state index contributed by atoms with van der Waals surface area (Å²) in [7, 11) is 0. The molecule has 2 atom stereocenters. The van der Waals surface area contributed by atoms with E-state index in [0.29, 0.717) is 39.2 Å². The molecule has 1 aliphatic heterocycles. The molecule has 1 aromatic carbocycles. The average Bonchev–Trinajstić information content (AvgIpc) is 2.66. The van der Waals surface area contributed by atoms with Gasteiger partial charge in [0.2, 0.25) is 11.8 Å². The zero-order valence-corrected chi connectivity index (χ0v) is 16.2. The van der Waals surface area contributed by atoms with E-state index in [1.165, 1.54) is 0 Å². The molecule has 0 spiro atoms. The molecule has 6 nitrogen and oxygen atoms in total. The van der Waals surface area contributed by atoms with Crippen LogP contribution in [0.15, 0.2) is 30.3 Å². The molecule has 3 N–H and O–H groups in total. The zero-order chi connectivity index (χ0) is 18.1. The van der Waals surface area contributed by atoms with Gasteiger partial charge in [-0.25, -0.2) is 0 Å². The molecule has 1 aliphatic rings. The second-order valence-corrected chi connectivity index (χ2v) is 6.68. The molecule has 2 amide bonds. The number of halogens is 1. The van der Waals surface area contributed by atoms with E-state index < -0.39 is 0 Å². The van der Waals surface area contributed by atoms with Crippen molar-refractivity contribution in [3.63, 3.8) is 0 Å². The summed E-state index contributed by atoms with van der Waals surface area (Å²) < 4.78 is 5.58. The first-order valence-electron chi connectivity index (χ1n) is 9.03. The van der Waals surface area contributed by atoms with Crippen LogP contribution < -0.4 is 15.8 Å². The summed E-state index contributed by atoms with van der Waals surface area (Å²) in [4.78, 5) is 26.4. The third-order valence-corrected chi connectivity index (χ3v) is 4.50. The quantitative estimate of drug-likeness (QED) is 0.717. The number of hydrogen-bond acceptors (Lipinski definition) is 4. The number of para-hydroxylation sites is 1. The predicted molar refractivity (Wildman–Crippen MR) is 104 cm³/mol. The summed E-state index contributed by atoms with van der Waals surface area (Å²) in [5.74, 6) is 0.973. The van der Waals surface area contributed by atoms with Crippen LogP contribution in [-0.4, -0.2) is 49.5 Å². The highest BCUT2D eigenvalue weighted by atomic mass is 35.5. The highest BCUT2D eigenvalue weighted by Crippen LogP contribution is 2.18. The lowest BCUT2D eigenvalue weighted by Crippen LogP contribution is -2.46. The lowest BCUT2D eigenvalue weighted by molar-refractivity contribution is -0.136. The van der Waals surface area contributed by atoms with Crippen LogP contribution in [0.2, 0.25) is 0 Å². The van der Waals surface area contributed by atoms with Gasteiger partial charge in [0.1, 0.15) is 5.75 Å². The highest BCUT2D eigenvalue weighted by molar-refractivity contribution is 5.85. The number of piperidine rings is 1. The Morgan fingerprint density at radius 3 is 2.77 bits per heavy atom. The Bertz CT molecular complexity index is 556. The molecule has 0 aliphatic carbocycles. The number of ether oxygens (including phenoxy) is 1. The summed E-state index contributed by atoms with van der Waals surface area (Å²) in [6.07, 6.45) is 2.01. The maximum absolute atomic E-state index is 12.4. The van der Waals surface area contributed by atoms with Crippen LogP contribution in [0, 0.1) is 11.8 Å². The fourth-order valence-corrected chi connectivity index (χ4v) is 2.85. The fraction of sp³-hybridized carbons (Fsp3) is 0.579. The van der Waals surface area contributed by atoms with Gasteiger partial charge in [-0.1, -0.05) is 25.1 Å². The number of likely N-dealkylation sites (tertiary alicyclic amines) is 1. The highest BCUT2D eigenvalue weighted by Gasteiger charge is 2.28. The lowest BCUT2D eigenvalue weighted by Gasteiger charge is -2.32. The van der Waals surface area contributed by atoms with E-state index in [0.717, 1.165) is 18.6 Å². The number of benzene rings is 1. The van der Waals surface area contributed by atoms with Gasteiger partial charge >= 0.3 is 0 Å². The van der Waals surface area contributed by atoms with Crippen molar-refractivity contribution in [2.75, 3.05) is 32.8 Å². The molecule has 2 unspecified atom stereocenters. The second-order valence-electron chi connectivity index (χ2n) is 6.68. The molecule has 26 heavy (non-hydrogen) atoms. The van der Waals surface area contributed by atoms with Gasteiger partial charge in [0, 0.05) is 19.6 Å². The monoisotopic (exact) mass is 383 g/mol. The first-order valence-corrected chi connectivity index (χ1v) is 9.03. The Kier molecular flexibility index (Phi) is 10.1. The van der Waals surface area contributed by atoms with Crippen molar-refractivity contribution in [2.24, 2.45) is 17.6 Å². The van der Waals surface area contributed by atoms with E-state index in [1.807, 2.05) is 37.3 Å². The Balaban J connectivity index is 0.00000338. The average molecular weight is 384 g/mol. The minimum Gasteiger partial charge on any atom is -0.493 e. The summed E-state index contributed by atoms with van der Waals surface area (Å²) in [5, 5.41) is 2.95.